The number of aliphatic hydroxyl groups excluding tert-OH is 1. The Morgan fingerprint density at radius 3 is 2.38 bits per heavy atom. The minimum Gasteiger partial charge on any atom is -0.392 e. The van der Waals surface area contributed by atoms with Gasteiger partial charge in [0.15, 0.2) is 0 Å². The van der Waals surface area contributed by atoms with Gasteiger partial charge in [-0.15, -0.1) is 0 Å². The van der Waals surface area contributed by atoms with E-state index in [4.69, 9.17) is 0 Å². The fourth-order valence-electron chi connectivity index (χ4n) is 2.14. The molecule has 0 spiro atoms. The van der Waals surface area contributed by atoms with Gasteiger partial charge in [-0.3, -0.25) is 9.69 Å². The van der Waals surface area contributed by atoms with E-state index in [9.17, 15) is 9.90 Å². The third-order valence-corrected chi connectivity index (χ3v) is 3.39. The van der Waals surface area contributed by atoms with Gasteiger partial charge in [0.05, 0.1) is 12.1 Å². The lowest BCUT2D eigenvalue weighted by Crippen LogP contribution is -2.48. The van der Waals surface area contributed by atoms with Crippen LogP contribution in [0.15, 0.2) is 0 Å². The molecule has 0 bridgehead atoms. The molecule has 0 aromatic carbocycles. The second-order valence-corrected chi connectivity index (χ2v) is 5.24. The van der Waals surface area contributed by atoms with Gasteiger partial charge in [-0.2, -0.15) is 0 Å². The molecule has 1 aliphatic heterocycles. The molecule has 0 aliphatic carbocycles. The summed E-state index contributed by atoms with van der Waals surface area (Å²) in [6.45, 7) is 8.74. The van der Waals surface area contributed by atoms with Gasteiger partial charge >= 0.3 is 0 Å². The molecule has 0 saturated carbocycles. The Labute approximate surface area is 98.2 Å². The molecule has 1 rings (SSSR count). The molecular weight excluding hydrogens is 204 g/mol. The van der Waals surface area contributed by atoms with Crippen molar-refractivity contribution in [2.45, 2.75) is 58.3 Å². The highest BCUT2D eigenvalue weighted by Crippen LogP contribution is 2.22. The van der Waals surface area contributed by atoms with Crippen molar-refractivity contribution in [1.82, 2.24) is 9.80 Å². The number of β-amino-alcohol motifs (C(OH)–C–C–N with tert-alkyl or cyclic N) is 1. The zero-order valence-corrected chi connectivity index (χ0v) is 11.0. The minimum atomic E-state index is -0.364. The highest BCUT2D eigenvalue weighted by atomic mass is 16.3. The van der Waals surface area contributed by atoms with E-state index in [1.165, 1.54) is 0 Å². The summed E-state index contributed by atoms with van der Waals surface area (Å²) in [6.07, 6.45) is 0.200. The van der Waals surface area contributed by atoms with Crippen LogP contribution < -0.4 is 0 Å². The first-order valence-electron chi connectivity index (χ1n) is 6.05. The lowest BCUT2D eigenvalue weighted by Gasteiger charge is -2.31. The van der Waals surface area contributed by atoms with E-state index in [0.717, 1.165) is 0 Å². The first kappa shape index (κ1) is 13.5. The van der Waals surface area contributed by atoms with Crippen molar-refractivity contribution in [3.8, 4) is 0 Å². The molecule has 2 atom stereocenters. The second-order valence-electron chi connectivity index (χ2n) is 5.24. The van der Waals surface area contributed by atoms with Crippen LogP contribution in [0.4, 0.5) is 0 Å². The fourth-order valence-corrected chi connectivity index (χ4v) is 2.14. The summed E-state index contributed by atoms with van der Waals surface area (Å²) < 4.78 is 0. The Kier molecular flexibility index (Phi) is 4.33. The summed E-state index contributed by atoms with van der Waals surface area (Å²) in [5.41, 5.74) is 0. The van der Waals surface area contributed by atoms with Crippen LogP contribution in [0.25, 0.3) is 0 Å². The standard InChI is InChI=1S/C12H24N2O2/c1-8(2)13(5)12(16)11-6-10(15)7-14(11)9(3)4/h8-11,15H,6-7H2,1-5H3/t10-,11+/m0/s1. The minimum absolute atomic E-state index is 0.125. The number of likely N-dealkylation sites (N-methyl/N-ethyl adjacent to an activating group) is 1. The molecule has 0 radical (unpaired) electrons. The van der Waals surface area contributed by atoms with E-state index in [1.54, 1.807) is 4.90 Å². The summed E-state index contributed by atoms with van der Waals surface area (Å²) in [7, 11) is 1.83. The van der Waals surface area contributed by atoms with Crippen molar-refractivity contribution < 1.29 is 9.90 Å². The number of aliphatic hydroxyl groups is 1. The molecule has 94 valence electrons. The predicted octanol–water partition coefficient (Wildman–Crippen LogP) is 0.697. The maximum Gasteiger partial charge on any atom is 0.240 e. The zero-order valence-electron chi connectivity index (χ0n) is 11.0. The molecule has 4 heteroatoms. The Morgan fingerprint density at radius 1 is 1.38 bits per heavy atom. The Balaban J connectivity index is 2.74. The van der Waals surface area contributed by atoms with Crippen LogP contribution in [0.3, 0.4) is 0 Å². The molecule has 1 fully saturated rings. The van der Waals surface area contributed by atoms with Crippen molar-refractivity contribution in [1.29, 1.82) is 0 Å². The molecule has 0 aromatic rings. The summed E-state index contributed by atoms with van der Waals surface area (Å²) in [5, 5.41) is 9.68. The molecule has 4 nitrogen and oxygen atoms in total. The Bertz CT molecular complexity index is 253. The topological polar surface area (TPSA) is 43.8 Å². The van der Waals surface area contributed by atoms with Crippen molar-refractivity contribution in [2.75, 3.05) is 13.6 Å². The third kappa shape index (κ3) is 2.74. The number of carbonyl (C=O) groups excluding carboxylic acids is 1. The lowest BCUT2D eigenvalue weighted by atomic mass is 10.1. The highest BCUT2D eigenvalue weighted by Gasteiger charge is 2.38. The second kappa shape index (κ2) is 5.15. The molecule has 1 aliphatic rings. The average Bonchev–Trinajstić information content (AvgIpc) is 2.58. The maximum absolute atomic E-state index is 12.2. The van der Waals surface area contributed by atoms with E-state index < -0.39 is 0 Å². The summed E-state index contributed by atoms with van der Waals surface area (Å²) in [4.78, 5) is 16.1. The van der Waals surface area contributed by atoms with E-state index in [2.05, 4.69) is 18.7 Å². The molecular formula is C12H24N2O2. The van der Waals surface area contributed by atoms with Gasteiger partial charge in [-0.05, 0) is 34.1 Å². The van der Waals surface area contributed by atoms with E-state index in [1.807, 2.05) is 20.9 Å². The number of rotatable bonds is 3. The summed E-state index contributed by atoms with van der Waals surface area (Å²) in [5.74, 6) is 0.125. The molecule has 1 heterocycles. The number of likely N-dealkylation sites (tertiary alicyclic amines) is 1. The largest absolute Gasteiger partial charge is 0.392 e. The monoisotopic (exact) mass is 228 g/mol. The summed E-state index contributed by atoms with van der Waals surface area (Å²) >= 11 is 0. The van der Waals surface area contributed by atoms with Crippen molar-refractivity contribution in [2.24, 2.45) is 0 Å². The van der Waals surface area contributed by atoms with Gasteiger partial charge in [0.25, 0.3) is 0 Å². The predicted molar refractivity (Wildman–Crippen MR) is 64.2 cm³/mol. The molecule has 1 amide bonds. The van der Waals surface area contributed by atoms with Crippen molar-refractivity contribution >= 4 is 5.91 Å². The fraction of sp³-hybridized carbons (Fsp3) is 0.917. The smallest absolute Gasteiger partial charge is 0.240 e. The first-order chi connectivity index (χ1) is 7.34. The number of hydrogen-bond acceptors (Lipinski definition) is 3. The van der Waals surface area contributed by atoms with Gasteiger partial charge < -0.3 is 10.0 Å². The van der Waals surface area contributed by atoms with Crippen LogP contribution in [-0.4, -0.2) is 58.6 Å². The Morgan fingerprint density at radius 2 is 1.94 bits per heavy atom. The van der Waals surface area contributed by atoms with Crippen LogP contribution in [0.1, 0.15) is 34.1 Å². The van der Waals surface area contributed by atoms with Crippen LogP contribution in [0.5, 0.6) is 0 Å². The number of carbonyl (C=O) groups is 1. The van der Waals surface area contributed by atoms with Gasteiger partial charge in [-0.1, -0.05) is 0 Å². The highest BCUT2D eigenvalue weighted by molar-refractivity contribution is 5.82. The molecule has 0 unspecified atom stereocenters. The molecule has 1 saturated heterocycles. The third-order valence-electron chi connectivity index (χ3n) is 3.39. The molecule has 0 aromatic heterocycles. The SMILES string of the molecule is CC(C)N(C)C(=O)[C@H]1C[C@H](O)CN1C(C)C. The van der Waals surface area contributed by atoms with Crippen LogP contribution in [0.2, 0.25) is 0 Å². The molecule has 1 N–H and O–H groups in total. The number of amides is 1. The van der Waals surface area contributed by atoms with E-state index in [-0.39, 0.29) is 24.1 Å². The van der Waals surface area contributed by atoms with Crippen LogP contribution >= 0.6 is 0 Å². The van der Waals surface area contributed by atoms with Crippen molar-refractivity contribution in [3.63, 3.8) is 0 Å². The van der Waals surface area contributed by atoms with E-state index >= 15 is 0 Å². The lowest BCUT2D eigenvalue weighted by molar-refractivity contribution is -0.136. The maximum atomic E-state index is 12.2. The van der Waals surface area contributed by atoms with Gasteiger partial charge in [-0.25, -0.2) is 0 Å². The first-order valence-corrected chi connectivity index (χ1v) is 6.05. The van der Waals surface area contributed by atoms with Crippen LogP contribution in [-0.2, 0) is 4.79 Å². The quantitative estimate of drug-likeness (QED) is 0.773. The molecule has 16 heavy (non-hydrogen) atoms. The van der Waals surface area contributed by atoms with Crippen molar-refractivity contribution in [3.05, 3.63) is 0 Å². The van der Waals surface area contributed by atoms with E-state index in [0.29, 0.717) is 19.0 Å². The average molecular weight is 228 g/mol. The normalized spacial score (nSPS) is 26.8. The van der Waals surface area contributed by atoms with Gasteiger partial charge in [0.2, 0.25) is 5.91 Å². The zero-order chi connectivity index (χ0) is 12.5. The number of nitrogens with zero attached hydrogens (tertiary/aromatic N) is 2. The van der Waals surface area contributed by atoms with Gasteiger partial charge in [0, 0.05) is 25.7 Å². The van der Waals surface area contributed by atoms with Gasteiger partial charge in [0.1, 0.15) is 0 Å². The number of hydrogen-bond donors (Lipinski definition) is 1. The van der Waals surface area contributed by atoms with Crippen LogP contribution in [0, 0.1) is 0 Å². The summed E-state index contributed by atoms with van der Waals surface area (Å²) in [6, 6.07) is 0.355. The Hall–Kier alpha value is -0.610.